The number of rotatable bonds is 10. The van der Waals surface area contributed by atoms with E-state index >= 15 is 0 Å². The van der Waals surface area contributed by atoms with Crippen molar-refractivity contribution in [3.63, 3.8) is 0 Å². The van der Waals surface area contributed by atoms with E-state index in [1.54, 1.807) is 22.3 Å². The summed E-state index contributed by atoms with van der Waals surface area (Å²) < 4.78 is 4.33. The summed E-state index contributed by atoms with van der Waals surface area (Å²) >= 11 is -2.91. The van der Waals surface area contributed by atoms with Crippen molar-refractivity contribution in [3.05, 3.63) is 129 Å². The SMILES string of the molecule is CCCc1ccc(-c2cccc3c2C=C(C(C)C)[CH]3[Zr+2]2([CH]3C(C(C)C)=Cc4c(-c5ccc(CCC)cc5)cccc43)[CH2]C[CH2]2)cc1.[Cl-].[Cl-]. The van der Waals surface area contributed by atoms with Crippen LogP contribution in [-0.4, -0.2) is 0 Å². The first-order valence-corrected chi connectivity index (χ1v) is 24.5. The number of aryl methyl sites for hydroxylation is 2. The summed E-state index contributed by atoms with van der Waals surface area (Å²) in [6.45, 7) is 14.4. The van der Waals surface area contributed by atoms with Crippen LogP contribution in [0.2, 0.25) is 8.26 Å². The van der Waals surface area contributed by atoms with Crippen LogP contribution in [0.25, 0.3) is 34.4 Å². The second kappa shape index (κ2) is 15.4. The van der Waals surface area contributed by atoms with Gasteiger partial charge in [0.1, 0.15) is 0 Å². The van der Waals surface area contributed by atoms with E-state index in [9.17, 15) is 0 Å². The molecule has 3 heteroatoms. The van der Waals surface area contributed by atoms with Gasteiger partial charge in [-0.1, -0.05) is 0 Å². The molecule has 0 radical (unpaired) electrons. The predicted octanol–water partition coefficient (Wildman–Crippen LogP) is 7.22. The third-order valence-electron chi connectivity index (χ3n) is 11.6. The van der Waals surface area contributed by atoms with Crippen molar-refractivity contribution in [1.82, 2.24) is 0 Å². The molecule has 1 aliphatic heterocycles. The Morgan fingerprint density at radius 2 is 0.958 bits per heavy atom. The van der Waals surface area contributed by atoms with E-state index in [2.05, 4.69) is 139 Å². The zero-order valence-electron chi connectivity index (χ0n) is 29.8. The van der Waals surface area contributed by atoms with E-state index < -0.39 is 20.3 Å². The van der Waals surface area contributed by atoms with Gasteiger partial charge in [-0.05, 0) is 0 Å². The van der Waals surface area contributed by atoms with Crippen LogP contribution in [0.1, 0.15) is 101 Å². The van der Waals surface area contributed by atoms with Gasteiger partial charge >= 0.3 is 285 Å². The first kappa shape index (κ1) is 37.1. The molecular formula is C45H52Cl2Zr. The van der Waals surface area contributed by atoms with Crippen LogP contribution < -0.4 is 24.8 Å². The van der Waals surface area contributed by atoms with Crippen molar-refractivity contribution in [2.24, 2.45) is 11.8 Å². The number of halogens is 2. The first-order chi connectivity index (χ1) is 22.4. The Labute approximate surface area is 307 Å². The van der Waals surface area contributed by atoms with Crippen LogP contribution in [0.15, 0.2) is 96.1 Å². The second-order valence-electron chi connectivity index (χ2n) is 15.1. The molecule has 0 aromatic heterocycles. The Hall–Kier alpha value is -2.18. The topological polar surface area (TPSA) is 0 Å². The molecule has 1 heterocycles. The van der Waals surface area contributed by atoms with Gasteiger partial charge in [-0.25, -0.2) is 0 Å². The molecule has 48 heavy (non-hydrogen) atoms. The summed E-state index contributed by atoms with van der Waals surface area (Å²) in [5.41, 5.74) is 18.4. The molecule has 4 aromatic carbocycles. The normalized spacial score (nSPS) is 18.1. The van der Waals surface area contributed by atoms with Crippen LogP contribution in [0.3, 0.4) is 0 Å². The third-order valence-corrected chi connectivity index (χ3v) is 26.7. The molecule has 0 nitrogen and oxygen atoms in total. The number of benzene rings is 4. The maximum atomic E-state index is 2.67. The molecule has 0 spiro atoms. The quantitative estimate of drug-likeness (QED) is 0.161. The Balaban J connectivity index is 0.00000225. The van der Waals surface area contributed by atoms with E-state index in [4.69, 9.17) is 0 Å². The maximum absolute atomic E-state index is 2.91. The van der Waals surface area contributed by atoms with Crippen molar-refractivity contribution < 1.29 is 45.1 Å². The summed E-state index contributed by atoms with van der Waals surface area (Å²) in [6, 6.07) is 33.5. The summed E-state index contributed by atoms with van der Waals surface area (Å²) in [7, 11) is 0. The van der Waals surface area contributed by atoms with Crippen LogP contribution >= 0.6 is 0 Å². The fraction of sp³-hybridized carbons (Fsp3) is 0.378. The van der Waals surface area contributed by atoms with E-state index in [1.165, 1.54) is 72.0 Å². The van der Waals surface area contributed by atoms with Crippen molar-refractivity contribution >= 4 is 12.2 Å². The molecule has 0 amide bonds. The molecular weight excluding hydrogens is 703 g/mol. The van der Waals surface area contributed by atoms with Crippen LogP contribution in [-0.2, 0) is 33.1 Å². The zero-order valence-corrected chi connectivity index (χ0v) is 33.7. The molecule has 2 unspecified atom stereocenters. The fourth-order valence-electron chi connectivity index (χ4n) is 9.25. The molecule has 4 aromatic rings. The minimum atomic E-state index is -2.91. The Kier molecular flexibility index (Phi) is 11.9. The van der Waals surface area contributed by atoms with Crippen molar-refractivity contribution in [2.45, 2.75) is 89.2 Å². The first-order valence-electron chi connectivity index (χ1n) is 18.2. The molecule has 2 aliphatic carbocycles. The number of hydrogen-bond donors (Lipinski definition) is 0. The third kappa shape index (κ3) is 6.43. The minimum Gasteiger partial charge on any atom is -1.00 e. The van der Waals surface area contributed by atoms with Gasteiger partial charge in [-0.2, -0.15) is 0 Å². The molecule has 2 atom stereocenters. The van der Waals surface area contributed by atoms with Crippen LogP contribution in [0.5, 0.6) is 0 Å². The molecule has 0 bridgehead atoms. The van der Waals surface area contributed by atoms with Crippen LogP contribution in [0.4, 0.5) is 0 Å². The monoisotopic (exact) mass is 752 g/mol. The summed E-state index contributed by atoms with van der Waals surface area (Å²) in [5.74, 6) is 1.12. The Morgan fingerprint density at radius 1 is 0.562 bits per heavy atom. The van der Waals surface area contributed by atoms with E-state index in [0.717, 1.165) is 12.8 Å². The Bertz CT molecular complexity index is 1660. The van der Waals surface area contributed by atoms with Crippen molar-refractivity contribution in [2.75, 3.05) is 0 Å². The molecule has 7 rings (SSSR count). The Morgan fingerprint density at radius 3 is 1.27 bits per heavy atom. The second-order valence-corrected chi connectivity index (χ2v) is 26.4. The van der Waals surface area contributed by atoms with Crippen LogP contribution in [0, 0.1) is 11.8 Å². The summed E-state index contributed by atoms with van der Waals surface area (Å²) in [4.78, 5) is 0. The molecule has 0 N–H and O–H groups in total. The fourth-order valence-corrected chi connectivity index (χ4v) is 25.4. The van der Waals surface area contributed by atoms with Gasteiger partial charge in [0.2, 0.25) is 0 Å². The number of hydrogen-bond acceptors (Lipinski definition) is 0. The largest absolute Gasteiger partial charge is 1.00 e. The van der Waals surface area contributed by atoms with E-state index in [1.807, 2.05) is 0 Å². The average molecular weight is 755 g/mol. The van der Waals surface area contributed by atoms with Crippen molar-refractivity contribution in [1.29, 1.82) is 0 Å². The standard InChI is InChI=1S/2C21H23.C3H6.2ClH.Zr/c2*1-4-6-16-9-11-17(12-10-16)20-8-5-7-18-13-19(15(2)3)14-21(18)20;1-3-2;;;/h2*5,7-15H,4,6H2,1-3H3;1-3H2;2*1H;/q;;;;;+2/p-2. The van der Waals surface area contributed by atoms with Gasteiger partial charge in [0, 0.05) is 0 Å². The number of fused-ring (bicyclic) bond motifs is 2. The number of allylic oxidation sites excluding steroid dienone is 2. The van der Waals surface area contributed by atoms with Gasteiger partial charge in [0.15, 0.2) is 0 Å². The molecule has 0 saturated carbocycles. The van der Waals surface area contributed by atoms with Gasteiger partial charge in [0.25, 0.3) is 0 Å². The van der Waals surface area contributed by atoms with E-state index in [-0.39, 0.29) is 24.8 Å². The van der Waals surface area contributed by atoms with Gasteiger partial charge in [0.05, 0.1) is 0 Å². The zero-order chi connectivity index (χ0) is 32.0. The average Bonchev–Trinajstić information content (AvgIpc) is 3.63. The minimum absolute atomic E-state index is 0. The molecule has 3 aliphatic rings. The summed E-state index contributed by atoms with van der Waals surface area (Å²) in [6.07, 6.45) is 11.5. The molecule has 1 fully saturated rings. The van der Waals surface area contributed by atoms with Crippen molar-refractivity contribution in [3.8, 4) is 22.3 Å². The van der Waals surface area contributed by atoms with Gasteiger partial charge < -0.3 is 24.8 Å². The predicted molar refractivity (Wildman–Crippen MR) is 197 cm³/mol. The molecule has 250 valence electrons. The maximum Gasteiger partial charge on any atom is -1.00 e. The summed E-state index contributed by atoms with van der Waals surface area (Å²) in [5, 5.41) is 0. The van der Waals surface area contributed by atoms with E-state index in [0.29, 0.717) is 19.1 Å². The molecule has 1 saturated heterocycles. The van der Waals surface area contributed by atoms with Gasteiger partial charge in [-0.15, -0.1) is 0 Å². The smallest absolute Gasteiger partial charge is 1.00 e. The van der Waals surface area contributed by atoms with Gasteiger partial charge in [-0.3, -0.25) is 0 Å².